The summed E-state index contributed by atoms with van der Waals surface area (Å²) >= 11 is 0. The van der Waals surface area contributed by atoms with Gasteiger partial charge in [0.2, 0.25) is 0 Å². The number of benzene rings is 2. The lowest BCUT2D eigenvalue weighted by Crippen LogP contribution is -2.65. The quantitative estimate of drug-likeness (QED) is 0.725. The summed E-state index contributed by atoms with van der Waals surface area (Å²) in [7, 11) is 1.48. The number of hydrogen-bond donors (Lipinski definition) is 1. The number of aliphatic hydroxyl groups excluding tert-OH is 1. The smallest absolute Gasteiger partial charge is 0.274 e. The molecule has 146 valence electrons. The van der Waals surface area contributed by atoms with E-state index in [0.29, 0.717) is 39.5 Å². The van der Waals surface area contributed by atoms with Crippen molar-refractivity contribution in [1.82, 2.24) is 0 Å². The van der Waals surface area contributed by atoms with Crippen LogP contribution >= 0.6 is 0 Å². The van der Waals surface area contributed by atoms with Gasteiger partial charge in [0.25, 0.3) is 11.6 Å². The van der Waals surface area contributed by atoms with E-state index in [1.807, 2.05) is 0 Å². The Labute approximate surface area is 163 Å². The van der Waals surface area contributed by atoms with E-state index in [4.69, 9.17) is 23.7 Å². The first kappa shape index (κ1) is 15.9. The van der Waals surface area contributed by atoms with Crippen LogP contribution in [-0.4, -0.2) is 42.1 Å². The lowest BCUT2D eigenvalue weighted by molar-refractivity contribution is -0.388. The molecule has 2 spiro atoms. The molecular weight excluding hydrogens is 380 g/mol. The highest BCUT2D eigenvalue weighted by Gasteiger charge is 2.76. The van der Waals surface area contributed by atoms with Gasteiger partial charge in [-0.3, -0.25) is 14.3 Å². The molecule has 0 aromatic heterocycles. The van der Waals surface area contributed by atoms with Gasteiger partial charge >= 0.3 is 0 Å². The fraction of sp³-hybridized carbons (Fsp3) is 0.333. The maximum absolute atomic E-state index is 12.9. The van der Waals surface area contributed by atoms with E-state index in [1.54, 1.807) is 30.3 Å². The molecule has 0 unspecified atom stereocenters. The summed E-state index contributed by atoms with van der Waals surface area (Å²) in [6, 6.07) is 8.37. The predicted molar refractivity (Wildman–Crippen MR) is 93.1 cm³/mol. The number of rotatable bonds is 1. The lowest BCUT2D eigenvalue weighted by Gasteiger charge is -2.55. The number of aliphatic hydroxyl groups is 1. The number of epoxide rings is 1. The summed E-state index contributed by atoms with van der Waals surface area (Å²) in [6.45, 7) is 0. The minimum Gasteiger partial charge on any atom is -0.496 e. The third kappa shape index (κ3) is 1.57. The average Bonchev–Trinajstić information content (AvgIpc) is 3.52. The fourth-order valence-electron chi connectivity index (χ4n) is 5.14. The second kappa shape index (κ2) is 4.62. The van der Waals surface area contributed by atoms with Gasteiger partial charge in [-0.2, -0.15) is 0 Å². The Morgan fingerprint density at radius 1 is 1.07 bits per heavy atom. The van der Waals surface area contributed by atoms with E-state index < -0.39 is 29.9 Å². The van der Waals surface area contributed by atoms with Crippen LogP contribution in [0.5, 0.6) is 17.2 Å². The molecule has 3 heterocycles. The highest BCUT2D eigenvalue weighted by molar-refractivity contribution is 6.07. The molecule has 1 saturated heterocycles. The molecular formula is C21H14O8. The fourth-order valence-corrected chi connectivity index (χ4v) is 5.14. The van der Waals surface area contributed by atoms with Gasteiger partial charge in [0, 0.05) is 12.0 Å². The predicted octanol–water partition coefficient (Wildman–Crippen LogP) is 1.41. The Bertz CT molecular complexity index is 1170. The van der Waals surface area contributed by atoms with Crippen LogP contribution in [0.1, 0.15) is 38.3 Å². The second-order valence-electron chi connectivity index (χ2n) is 7.82. The molecule has 5 aliphatic rings. The minimum atomic E-state index is -1.63. The van der Waals surface area contributed by atoms with Gasteiger partial charge in [-0.05, 0) is 18.2 Å². The number of carbonyl (C=O) groups excluding carboxylic acids is 2. The summed E-state index contributed by atoms with van der Waals surface area (Å²) in [5.41, 5.74) is 1.44. The zero-order valence-corrected chi connectivity index (χ0v) is 15.1. The third-order valence-corrected chi connectivity index (χ3v) is 6.39. The van der Waals surface area contributed by atoms with E-state index >= 15 is 0 Å². The largest absolute Gasteiger partial charge is 0.496 e. The third-order valence-electron chi connectivity index (χ3n) is 6.39. The van der Waals surface area contributed by atoms with Crippen LogP contribution in [0.4, 0.5) is 0 Å². The van der Waals surface area contributed by atoms with Gasteiger partial charge in [0.05, 0.1) is 23.8 Å². The summed E-state index contributed by atoms with van der Waals surface area (Å²) < 4.78 is 30.1. The molecule has 0 radical (unpaired) electrons. The van der Waals surface area contributed by atoms with Crippen molar-refractivity contribution < 1.29 is 38.4 Å². The normalized spacial score (nSPS) is 36.8. The molecule has 8 nitrogen and oxygen atoms in total. The average molecular weight is 394 g/mol. The van der Waals surface area contributed by atoms with E-state index in [2.05, 4.69) is 0 Å². The highest BCUT2D eigenvalue weighted by Crippen LogP contribution is 2.65. The number of ketones is 2. The van der Waals surface area contributed by atoms with Crippen molar-refractivity contribution in [2.45, 2.75) is 36.3 Å². The molecule has 29 heavy (non-hydrogen) atoms. The molecule has 2 bridgehead atoms. The Balaban J connectivity index is 1.59. The van der Waals surface area contributed by atoms with Crippen LogP contribution in [-0.2, 0) is 21.0 Å². The van der Waals surface area contributed by atoms with Gasteiger partial charge in [0.15, 0.2) is 23.8 Å². The molecule has 5 atom stereocenters. The summed E-state index contributed by atoms with van der Waals surface area (Å²) in [5, 5.41) is 11.0. The minimum absolute atomic E-state index is 0.154. The monoisotopic (exact) mass is 394 g/mol. The van der Waals surface area contributed by atoms with Crippen molar-refractivity contribution in [3.63, 3.8) is 0 Å². The number of hydrogen-bond acceptors (Lipinski definition) is 8. The summed E-state index contributed by atoms with van der Waals surface area (Å²) in [6.07, 6.45) is -2.82. The molecule has 0 saturated carbocycles. The first-order valence-electron chi connectivity index (χ1n) is 9.34. The topological polar surface area (TPSA) is 104 Å². The maximum Gasteiger partial charge on any atom is 0.274 e. The van der Waals surface area contributed by atoms with Gasteiger partial charge < -0.3 is 24.1 Å². The molecule has 2 aromatic rings. The van der Waals surface area contributed by atoms with Crippen LogP contribution in [0.2, 0.25) is 0 Å². The van der Waals surface area contributed by atoms with Crippen molar-refractivity contribution in [3.8, 4) is 17.2 Å². The molecule has 0 amide bonds. The van der Waals surface area contributed by atoms with E-state index in [-0.39, 0.29) is 18.0 Å². The number of carbonyl (C=O) groups is 2. The molecule has 1 N–H and O–H groups in total. The number of fused-ring (bicyclic) bond motifs is 1. The van der Waals surface area contributed by atoms with E-state index in [9.17, 15) is 14.7 Å². The number of Topliss-reactive ketones (excluding diaryl/α,β-unsaturated/α-hetero) is 2. The van der Waals surface area contributed by atoms with Gasteiger partial charge in [-0.15, -0.1) is 0 Å². The molecule has 7 rings (SSSR count). The van der Waals surface area contributed by atoms with E-state index in [1.165, 1.54) is 7.11 Å². The van der Waals surface area contributed by atoms with Crippen LogP contribution in [0.3, 0.4) is 0 Å². The number of ether oxygens (including phenoxy) is 5. The van der Waals surface area contributed by atoms with Gasteiger partial charge in [-0.25, -0.2) is 0 Å². The maximum atomic E-state index is 12.9. The Morgan fingerprint density at radius 2 is 1.86 bits per heavy atom. The molecule has 8 heteroatoms. The highest BCUT2D eigenvalue weighted by atomic mass is 16.8. The van der Waals surface area contributed by atoms with Crippen molar-refractivity contribution in [2.75, 3.05) is 7.11 Å². The Hall–Kier alpha value is -2.94. The second-order valence-corrected chi connectivity index (χ2v) is 7.82. The molecule has 2 aromatic carbocycles. The molecule has 3 aliphatic heterocycles. The molecule has 2 aliphatic carbocycles. The SMILES string of the molecule is COc1ccc2c3c1C(=O)[C@H]1O[C@H]1[C@@]31Oc3cccc4c3[C@@](O2)(O1)[C@H](O)CC4=O. The van der Waals surface area contributed by atoms with Crippen LogP contribution in [0.15, 0.2) is 30.3 Å². The van der Waals surface area contributed by atoms with E-state index in [0.717, 1.165) is 0 Å². The Morgan fingerprint density at radius 3 is 2.69 bits per heavy atom. The van der Waals surface area contributed by atoms with Crippen molar-refractivity contribution in [1.29, 1.82) is 0 Å². The van der Waals surface area contributed by atoms with Crippen LogP contribution in [0.25, 0.3) is 0 Å². The summed E-state index contributed by atoms with van der Waals surface area (Å²) in [5.74, 6) is -2.48. The van der Waals surface area contributed by atoms with Crippen molar-refractivity contribution >= 4 is 11.6 Å². The Kier molecular flexibility index (Phi) is 2.53. The van der Waals surface area contributed by atoms with Crippen molar-refractivity contribution in [2.24, 2.45) is 0 Å². The number of methoxy groups -OCH3 is 1. The zero-order chi connectivity index (χ0) is 19.7. The van der Waals surface area contributed by atoms with Crippen LogP contribution in [0, 0.1) is 0 Å². The molecule has 1 fully saturated rings. The van der Waals surface area contributed by atoms with Crippen LogP contribution < -0.4 is 14.2 Å². The summed E-state index contributed by atoms with van der Waals surface area (Å²) in [4.78, 5) is 25.5. The van der Waals surface area contributed by atoms with Gasteiger partial charge in [-0.1, -0.05) is 12.1 Å². The first-order valence-corrected chi connectivity index (χ1v) is 9.34. The van der Waals surface area contributed by atoms with Crippen molar-refractivity contribution in [3.05, 3.63) is 52.6 Å². The first-order chi connectivity index (χ1) is 14.0. The zero-order valence-electron chi connectivity index (χ0n) is 15.1. The standard InChI is InChI=1S/C21H14O8/c1-25-10-5-6-12-16-14(10)17(24)18-19(26-18)21(16)28-11-4-2-3-8-9(22)7-13(23)20(27-12,29-21)15(8)11/h2-6,13,18-19,23H,7H2,1H3/t13-,18-,19-,20+,21-/m1/s1. The lowest BCUT2D eigenvalue weighted by atomic mass is 9.77. The van der Waals surface area contributed by atoms with Gasteiger partial charge in [0.1, 0.15) is 23.4 Å².